The number of carbonyl (C=O) groups excluding carboxylic acids is 3. The van der Waals surface area contributed by atoms with E-state index in [1.807, 2.05) is 60.7 Å². The average molecular weight is 490 g/mol. The number of nitrogens with zero attached hydrogens (tertiary/aromatic N) is 2. The summed E-state index contributed by atoms with van der Waals surface area (Å²) in [5.41, 5.74) is 0.229. The minimum atomic E-state index is -1.26. The number of imide groups is 1. The van der Waals surface area contributed by atoms with Crippen molar-refractivity contribution in [3.63, 3.8) is 0 Å². The molecule has 5 rings (SSSR count). The summed E-state index contributed by atoms with van der Waals surface area (Å²) >= 11 is 1.74. The van der Waals surface area contributed by atoms with Crippen LogP contribution in [0.1, 0.15) is 25.8 Å². The zero-order valence-electron chi connectivity index (χ0n) is 19.9. The van der Waals surface area contributed by atoms with E-state index < -0.39 is 17.5 Å². The Morgan fingerprint density at radius 3 is 2.66 bits per heavy atom. The van der Waals surface area contributed by atoms with Gasteiger partial charge in [0.2, 0.25) is 5.91 Å². The van der Waals surface area contributed by atoms with Crippen LogP contribution in [0.5, 0.6) is 5.75 Å². The van der Waals surface area contributed by atoms with E-state index in [1.165, 1.54) is 0 Å². The van der Waals surface area contributed by atoms with Gasteiger partial charge in [-0.1, -0.05) is 37.3 Å². The molecule has 0 bridgehead atoms. The number of methoxy groups -OCH3 is 1. The number of hydrogen-bond donors (Lipinski definition) is 1. The van der Waals surface area contributed by atoms with Crippen molar-refractivity contribution in [2.24, 2.45) is 0 Å². The molecule has 4 amide bonds. The van der Waals surface area contributed by atoms with Gasteiger partial charge < -0.3 is 15.0 Å². The highest BCUT2D eigenvalue weighted by molar-refractivity contribution is 8.00. The summed E-state index contributed by atoms with van der Waals surface area (Å²) in [6, 6.07) is 18.5. The van der Waals surface area contributed by atoms with Crippen LogP contribution in [0.15, 0.2) is 65.6 Å². The molecule has 1 N–H and O–H groups in total. The Morgan fingerprint density at radius 2 is 1.86 bits per heavy atom. The standard InChI is InChI=1S/C27H27N3O4S/c1-17-12-13-29(22-6-4-5-7-23(22)35-17)24(31)16-30-25(32)27(2,28-26(30)33)20-10-8-19-15-21(34-3)11-9-18(19)14-20/h4-11,14-15,17H,12-13,16H2,1-3H3,(H,28,33)/t17-,27+/m0/s1. The first-order valence-electron chi connectivity index (χ1n) is 11.6. The van der Waals surface area contributed by atoms with E-state index in [-0.39, 0.29) is 12.5 Å². The van der Waals surface area contributed by atoms with E-state index in [1.54, 1.807) is 30.7 Å². The minimum Gasteiger partial charge on any atom is -0.497 e. The number of hydrogen-bond acceptors (Lipinski definition) is 5. The molecule has 2 aliphatic rings. The Hall–Kier alpha value is -3.52. The highest BCUT2D eigenvalue weighted by Crippen LogP contribution is 2.38. The second-order valence-corrected chi connectivity index (χ2v) is 10.6. The Bertz CT molecular complexity index is 1340. The summed E-state index contributed by atoms with van der Waals surface area (Å²) in [5.74, 6) is 0.0364. The summed E-state index contributed by atoms with van der Waals surface area (Å²) in [6.07, 6.45) is 0.824. The van der Waals surface area contributed by atoms with Gasteiger partial charge in [-0.25, -0.2) is 4.79 Å². The van der Waals surface area contributed by atoms with Crippen LogP contribution in [0.3, 0.4) is 0 Å². The summed E-state index contributed by atoms with van der Waals surface area (Å²) < 4.78 is 5.28. The van der Waals surface area contributed by atoms with Gasteiger partial charge in [-0.2, -0.15) is 0 Å². The van der Waals surface area contributed by atoms with Crippen LogP contribution in [0.2, 0.25) is 0 Å². The summed E-state index contributed by atoms with van der Waals surface area (Å²) in [6.45, 7) is 4.05. The number of urea groups is 1. The van der Waals surface area contributed by atoms with Crippen molar-refractivity contribution in [1.29, 1.82) is 0 Å². The third kappa shape index (κ3) is 4.12. The van der Waals surface area contributed by atoms with Gasteiger partial charge in [-0.05, 0) is 60.0 Å². The molecule has 2 heterocycles. The monoisotopic (exact) mass is 489 g/mol. The molecule has 1 fully saturated rings. The van der Waals surface area contributed by atoms with Crippen LogP contribution in [-0.4, -0.2) is 48.2 Å². The molecule has 2 atom stereocenters. The topological polar surface area (TPSA) is 79.0 Å². The normalized spacial score (nSPS) is 22.1. The molecule has 2 aliphatic heterocycles. The molecule has 7 nitrogen and oxygen atoms in total. The highest BCUT2D eigenvalue weighted by atomic mass is 32.2. The molecule has 1 saturated heterocycles. The SMILES string of the molecule is COc1ccc2cc([C@@]3(C)NC(=O)N(CC(=O)N4CC[C@H](C)Sc5ccccc54)C3=O)ccc2c1. The highest BCUT2D eigenvalue weighted by Gasteiger charge is 2.50. The van der Waals surface area contributed by atoms with E-state index in [4.69, 9.17) is 4.74 Å². The largest absolute Gasteiger partial charge is 0.497 e. The maximum absolute atomic E-state index is 13.5. The van der Waals surface area contributed by atoms with E-state index in [0.717, 1.165) is 38.4 Å². The van der Waals surface area contributed by atoms with Crippen molar-refractivity contribution in [1.82, 2.24) is 10.2 Å². The third-order valence-electron chi connectivity index (χ3n) is 6.74. The fraction of sp³-hybridized carbons (Fsp3) is 0.296. The fourth-order valence-electron chi connectivity index (χ4n) is 4.66. The number of anilines is 1. The van der Waals surface area contributed by atoms with E-state index in [0.29, 0.717) is 17.4 Å². The Balaban J connectivity index is 1.40. The van der Waals surface area contributed by atoms with Gasteiger partial charge in [-0.15, -0.1) is 11.8 Å². The zero-order chi connectivity index (χ0) is 24.7. The number of para-hydroxylation sites is 1. The molecule has 35 heavy (non-hydrogen) atoms. The molecule has 3 aromatic carbocycles. The second kappa shape index (κ2) is 8.92. The van der Waals surface area contributed by atoms with Crippen LogP contribution in [0, 0.1) is 0 Å². The molecule has 0 radical (unpaired) electrons. The first-order chi connectivity index (χ1) is 16.8. The van der Waals surface area contributed by atoms with Crippen molar-refractivity contribution < 1.29 is 19.1 Å². The van der Waals surface area contributed by atoms with Gasteiger partial charge in [0, 0.05) is 16.7 Å². The van der Waals surface area contributed by atoms with Crippen molar-refractivity contribution in [3.05, 3.63) is 66.2 Å². The van der Waals surface area contributed by atoms with Crippen LogP contribution in [0.25, 0.3) is 10.8 Å². The first-order valence-corrected chi connectivity index (χ1v) is 12.5. The molecule has 3 aromatic rings. The molecule has 8 heteroatoms. The van der Waals surface area contributed by atoms with Gasteiger partial charge in [0.05, 0.1) is 12.8 Å². The van der Waals surface area contributed by atoms with Crippen molar-refractivity contribution in [2.75, 3.05) is 25.1 Å². The summed E-state index contributed by atoms with van der Waals surface area (Å²) in [7, 11) is 1.61. The Morgan fingerprint density at radius 1 is 1.11 bits per heavy atom. The lowest BCUT2D eigenvalue weighted by molar-refractivity contribution is -0.134. The van der Waals surface area contributed by atoms with Crippen LogP contribution in [-0.2, 0) is 15.1 Å². The first kappa shape index (κ1) is 23.2. The number of carbonyl (C=O) groups is 3. The lowest BCUT2D eigenvalue weighted by Gasteiger charge is -2.25. The number of benzene rings is 3. The van der Waals surface area contributed by atoms with E-state index in [2.05, 4.69) is 12.2 Å². The summed E-state index contributed by atoms with van der Waals surface area (Å²) in [4.78, 5) is 43.6. The lowest BCUT2D eigenvalue weighted by Crippen LogP contribution is -2.45. The lowest BCUT2D eigenvalue weighted by atomic mass is 9.90. The van der Waals surface area contributed by atoms with E-state index >= 15 is 0 Å². The van der Waals surface area contributed by atoms with Gasteiger partial charge in [0.15, 0.2) is 0 Å². The van der Waals surface area contributed by atoms with Crippen LogP contribution < -0.4 is 15.0 Å². The number of nitrogens with one attached hydrogen (secondary N) is 1. The predicted octanol–water partition coefficient (Wildman–Crippen LogP) is 4.53. The smallest absolute Gasteiger partial charge is 0.325 e. The van der Waals surface area contributed by atoms with Crippen molar-refractivity contribution in [3.8, 4) is 5.75 Å². The maximum atomic E-state index is 13.5. The van der Waals surface area contributed by atoms with Gasteiger partial charge in [0.25, 0.3) is 5.91 Å². The molecular formula is C27H27N3O4S. The van der Waals surface area contributed by atoms with Crippen molar-refractivity contribution in [2.45, 2.75) is 36.0 Å². The molecular weight excluding hydrogens is 462 g/mol. The molecule has 180 valence electrons. The number of thioether (sulfide) groups is 1. The maximum Gasteiger partial charge on any atom is 0.325 e. The van der Waals surface area contributed by atoms with Gasteiger partial charge in [-0.3, -0.25) is 14.5 Å². The van der Waals surface area contributed by atoms with Gasteiger partial charge in [0.1, 0.15) is 17.8 Å². The Labute approximate surface area is 208 Å². The van der Waals surface area contributed by atoms with Crippen LogP contribution >= 0.6 is 11.8 Å². The van der Waals surface area contributed by atoms with Crippen LogP contribution in [0.4, 0.5) is 10.5 Å². The predicted molar refractivity (Wildman–Crippen MR) is 137 cm³/mol. The molecule has 0 unspecified atom stereocenters. The van der Waals surface area contributed by atoms with Gasteiger partial charge >= 0.3 is 6.03 Å². The second-order valence-electron chi connectivity index (χ2n) is 9.10. The number of rotatable bonds is 4. The summed E-state index contributed by atoms with van der Waals surface area (Å²) in [5, 5.41) is 5.07. The molecule has 0 aliphatic carbocycles. The van der Waals surface area contributed by atoms with Crippen molar-refractivity contribution >= 4 is 46.1 Å². The fourth-order valence-corrected chi connectivity index (χ4v) is 5.78. The zero-order valence-corrected chi connectivity index (χ0v) is 20.7. The Kier molecular flexibility index (Phi) is 5.92. The molecule has 0 saturated carbocycles. The quantitative estimate of drug-likeness (QED) is 0.545. The third-order valence-corrected chi connectivity index (χ3v) is 7.97. The molecule has 0 spiro atoms. The number of fused-ring (bicyclic) bond motifs is 2. The molecule has 0 aromatic heterocycles. The minimum absolute atomic E-state index is 0.273. The number of amides is 4. The number of ether oxygens (including phenoxy) is 1. The average Bonchev–Trinajstić information content (AvgIpc) is 2.98. The van der Waals surface area contributed by atoms with E-state index in [9.17, 15) is 14.4 Å².